The first-order valence-corrected chi connectivity index (χ1v) is 7.56. The summed E-state index contributed by atoms with van der Waals surface area (Å²) < 4.78 is 18.4. The highest BCUT2D eigenvalue weighted by Gasteiger charge is 2.22. The number of aliphatic hydroxyl groups is 1. The maximum Gasteiger partial charge on any atom is 0.123 e. The van der Waals surface area contributed by atoms with E-state index in [1.165, 1.54) is 12.1 Å². The molecule has 0 radical (unpaired) electrons. The monoisotopic (exact) mass is 319 g/mol. The Hall–Kier alpha value is -2.11. The van der Waals surface area contributed by atoms with Crippen LogP contribution >= 0.6 is 0 Å². The minimum Gasteiger partial charge on any atom is -0.508 e. The Morgan fingerprint density at radius 2 is 1.87 bits per heavy atom. The van der Waals surface area contributed by atoms with Gasteiger partial charge in [0.1, 0.15) is 17.3 Å². The second kappa shape index (κ2) is 7.44. The van der Waals surface area contributed by atoms with E-state index in [-0.39, 0.29) is 18.1 Å². The third-order valence-corrected chi connectivity index (χ3v) is 3.61. The Morgan fingerprint density at radius 3 is 2.52 bits per heavy atom. The van der Waals surface area contributed by atoms with Crippen LogP contribution in [0.1, 0.15) is 25.0 Å². The van der Waals surface area contributed by atoms with Gasteiger partial charge in [0.15, 0.2) is 0 Å². The van der Waals surface area contributed by atoms with E-state index in [9.17, 15) is 14.6 Å². The number of benzene rings is 2. The zero-order valence-corrected chi connectivity index (χ0v) is 13.3. The van der Waals surface area contributed by atoms with Gasteiger partial charge in [0.25, 0.3) is 0 Å². The lowest BCUT2D eigenvalue weighted by Gasteiger charge is -2.24. The number of halogens is 1. The second-order valence-corrected chi connectivity index (χ2v) is 5.61. The van der Waals surface area contributed by atoms with E-state index in [1.807, 2.05) is 6.92 Å². The topological polar surface area (TPSA) is 61.7 Å². The van der Waals surface area contributed by atoms with Gasteiger partial charge in [-0.3, -0.25) is 0 Å². The summed E-state index contributed by atoms with van der Waals surface area (Å²) in [5, 5.41) is 23.5. The van der Waals surface area contributed by atoms with Crippen molar-refractivity contribution in [3.05, 3.63) is 59.4 Å². The Bertz CT molecular complexity index is 641. The van der Waals surface area contributed by atoms with Gasteiger partial charge in [0.2, 0.25) is 0 Å². The lowest BCUT2D eigenvalue weighted by molar-refractivity contribution is 0.0565. The number of hydrogen-bond donors (Lipinski definition) is 3. The van der Waals surface area contributed by atoms with Crippen LogP contribution in [0.4, 0.5) is 4.39 Å². The average Bonchev–Trinajstić information content (AvgIpc) is 2.51. The highest BCUT2D eigenvalue weighted by Crippen LogP contribution is 2.24. The number of aromatic hydroxyl groups is 1. The van der Waals surface area contributed by atoms with Crippen molar-refractivity contribution in [2.24, 2.45) is 0 Å². The third kappa shape index (κ3) is 4.68. The number of rotatable bonds is 7. The van der Waals surface area contributed by atoms with Crippen LogP contribution in [-0.2, 0) is 12.1 Å². The van der Waals surface area contributed by atoms with E-state index < -0.39 is 5.60 Å². The molecule has 2 rings (SSSR count). The maximum atomic E-state index is 13.0. The van der Waals surface area contributed by atoms with E-state index in [0.717, 1.165) is 0 Å². The van der Waals surface area contributed by atoms with E-state index >= 15 is 0 Å². The van der Waals surface area contributed by atoms with Gasteiger partial charge in [-0.2, -0.15) is 0 Å². The van der Waals surface area contributed by atoms with Crippen LogP contribution in [0.2, 0.25) is 0 Å². The predicted octanol–water partition coefficient (Wildman–Crippen LogP) is 2.93. The molecule has 0 aromatic heterocycles. The fraction of sp³-hybridized carbons (Fsp3) is 0.333. The van der Waals surface area contributed by atoms with Crippen LogP contribution in [0.5, 0.6) is 11.5 Å². The number of phenols is 1. The Labute approximate surface area is 135 Å². The van der Waals surface area contributed by atoms with Gasteiger partial charge in [-0.1, -0.05) is 12.1 Å². The number of phenolic OH excluding ortho intramolecular Hbond substituents is 1. The molecular weight excluding hydrogens is 297 g/mol. The number of hydrogen-bond acceptors (Lipinski definition) is 4. The van der Waals surface area contributed by atoms with Gasteiger partial charge < -0.3 is 20.3 Å². The van der Waals surface area contributed by atoms with Gasteiger partial charge in [0, 0.05) is 18.7 Å². The van der Waals surface area contributed by atoms with Crippen LogP contribution in [0.3, 0.4) is 0 Å². The number of nitrogens with one attached hydrogen (secondary N) is 1. The van der Waals surface area contributed by atoms with Crippen LogP contribution in [0.15, 0.2) is 42.5 Å². The normalized spacial score (nSPS) is 13.6. The Kier molecular flexibility index (Phi) is 5.58. The maximum absolute atomic E-state index is 13.0. The average molecular weight is 319 g/mol. The molecule has 0 fully saturated rings. The van der Waals surface area contributed by atoms with E-state index in [4.69, 9.17) is 4.74 Å². The molecular formula is C18H22FNO3. The molecule has 0 amide bonds. The molecule has 2 aromatic carbocycles. The molecule has 1 atom stereocenters. The molecule has 0 aliphatic carbocycles. The molecule has 0 saturated carbocycles. The van der Waals surface area contributed by atoms with Crippen molar-refractivity contribution < 1.29 is 19.3 Å². The summed E-state index contributed by atoms with van der Waals surface area (Å²) in [7, 11) is 0. The molecule has 5 heteroatoms. The van der Waals surface area contributed by atoms with Crippen molar-refractivity contribution in [1.29, 1.82) is 0 Å². The van der Waals surface area contributed by atoms with Crippen molar-refractivity contribution in [1.82, 2.24) is 5.32 Å². The smallest absolute Gasteiger partial charge is 0.123 e. The van der Waals surface area contributed by atoms with Crippen LogP contribution in [-0.4, -0.2) is 23.4 Å². The largest absolute Gasteiger partial charge is 0.508 e. The second-order valence-electron chi connectivity index (χ2n) is 5.61. The Morgan fingerprint density at radius 1 is 1.17 bits per heavy atom. The fourth-order valence-corrected chi connectivity index (χ4v) is 2.31. The minimum atomic E-state index is -1.14. The van der Waals surface area contributed by atoms with Crippen molar-refractivity contribution in [3.63, 3.8) is 0 Å². The molecule has 3 N–H and O–H groups in total. The summed E-state index contributed by atoms with van der Waals surface area (Å²) >= 11 is 0. The first-order chi connectivity index (χ1) is 10.9. The van der Waals surface area contributed by atoms with Crippen molar-refractivity contribution in [2.75, 3.05) is 13.2 Å². The fourth-order valence-electron chi connectivity index (χ4n) is 2.31. The van der Waals surface area contributed by atoms with Gasteiger partial charge in [-0.15, -0.1) is 0 Å². The van der Waals surface area contributed by atoms with Crippen molar-refractivity contribution in [3.8, 4) is 11.5 Å². The van der Waals surface area contributed by atoms with Crippen molar-refractivity contribution >= 4 is 0 Å². The molecule has 0 heterocycles. The van der Waals surface area contributed by atoms with Gasteiger partial charge in [0.05, 0.1) is 12.2 Å². The Balaban J connectivity index is 1.98. The molecule has 4 nitrogen and oxygen atoms in total. The molecule has 124 valence electrons. The van der Waals surface area contributed by atoms with Crippen LogP contribution in [0, 0.1) is 5.82 Å². The van der Waals surface area contributed by atoms with E-state index in [1.54, 1.807) is 37.3 Å². The van der Waals surface area contributed by atoms with E-state index in [2.05, 4.69) is 5.32 Å². The summed E-state index contributed by atoms with van der Waals surface area (Å²) in [6.45, 7) is 4.74. The molecule has 0 saturated heterocycles. The molecule has 1 unspecified atom stereocenters. The van der Waals surface area contributed by atoms with E-state index in [0.29, 0.717) is 30.0 Å². The minimum absolute atomic E-state index is 0.169. The lowest BCUT2D eigenvalue weighted by Crippen LogP contribution is -2.35. The first-order valence-electron chi connectivity index (χ1n) is 7.56. The van der Waals surface area contributed by atoms with Crippen LogP contribution < -0.4 is 10.1 Å². The summed E-state index contributed by atoms with van der Waals surface area (Å²) in [4.78, 5) is 0. The van der Waals surface area contributed by atoms with Gasteiger partial charge in [-0.25, -0.2) is 4.39 Å². The first kappa shape index (κ1) is 17.2. The third-order valence-electron chi connectivity index (χ3n) is 3.61. The SMILES string of the molecule is CCOc1ccc(O)c(CNCC(C)(O)c2ccc(F)cc2)c1. The standard InChI is InChI=1S/C18H22FNO3/c1-3-23-16-8-9-17(21)13(10-16)11-20-12-18(2,22)14-4-6-15(19)7-5-14/h4-10,20-22H,3,11-12H2,1-2H3. The summed E-state index contributed by atoms with van der Waals surface area (Å²) in [5.41, 5.74) is 0.172. The number of ether oxygens (including phenoxy) is 1. The summed E-state index contributed by atoms with van der Waals surface area (Å²) in [6.07, 6.45) is 0. The summed E-state index contributed by atoms with van der Waals surface area (Å²) in [5.74, 6) is 0.518. The molecule has 0 bridgehead atoms. The van der Waals surface area contributed by atoms with Gasteiger partial charge >= 0.3 is 0 Å². The van der Waals surface area contributed by atoms with Crippen LogP contribution in [0.25, 0.3) is 0 Å². The molecule has 0 aliphatic heterocycles. The zero-order chi connectivity index (χ0) is 16.9. The summed E-state index contributed by atoms with van der Waals surface area (Å²) in [6, 6.07) is 10.8. The molecule has 0 aliphatic rings. The zero-order valence-electron chi connectivity index (χ0n) is 13.3. The molecule has 2 aromatic rings. The lowest BCUT2D eigenvalue weighted by atomic mass is 9.96. The highest BCUT2D eigenvalue weighted by molar-refractivity contribution is 5.39. The predicted molar refractivity (Wildman–Crippen MR) is 87.0 cm³/mol. The quantitative estimate of drug-likeness (QED) is 0.734. The highest BCUT2D eigenvalue weighted by atomic mass is 19.1. The van der Waals surface area contributed by atoms with Gasteiger partial charge in [-0.05, 0) is 49.7 Å². The van der Waals surface area contributed by atoms with Crippen molar-refractivity contribution in [2.45, 2.75) is 26.0 Å². The molecule has 0 spiro atoms. The molecule has 23 heavy (non-hydrogen) atoms.